The van der Waals surface area contributed by atoms with Crippen LogP contribution in [0, 0.1) is 18.6 Å². The van der Waals surface area contributed by atoms with Gasteiger partial charge >= 0.3 is 0 Å². The molecule has 0 saturated carbocycles. The fraction of sp³-hybridized carbons (Fsp3) is 0.562. The lowest BCUT2D eigenvalue weighted by molar-refractivity contribution is 0.162. The summed E-state index contributed by atoms with van der Waals surface area (Å²) in [5.74, 6) is 0.466. The van der Waals surface area contributed by atoms with E-state index in [0.29, 0.717) is 17.9 Å². The summed E-state index contributed by atoms with van der Waals surface area (Å²) in [7, 11) is -2.92. The summed E-state index contributed by atoms with van der Waals surface area (Å²) < 4.78 is 27.3. The molecule has 1 aliphatic rings. The second-order valence-corrected chi connectivity index (χ2v) is 9.16. The van der Waals surface area contributed by atoms with E-state index in [1.165, 1.54) is 0 Å². The first kappa shape index (κ1) is 18.2. The van der Waals surface area contributed by atoms with Gasteiger partial charge in [0.15, 0.2) is 9.84 Å². The fourth-order valence-electron chi connectivity index (χ4n) is 3.17. The zero-order chi connectivity index (χ0) is 18.2. The van der Waals surface area contributed by atoms with Crippen LogP contribution in [0.2, 0.25) is 0 Å². The van der Waals surface area contributed by atoms with Crippen molar-refractivity contribution in [1.29, 1.82) is 0 Å². The predicted molar refractivity (Wildman–Crippen MR) is 99.1 cm³/mol. The summed E-state index contributed by atoms with van der Waals surface area (Å²) >= 11 is 5.55. The number of aromatic nitrogens is 4. The second kappa shape index (κ2) is 6.97. The average molecular weight is 382 g/mol. The average Bonchev–Trinajstić information content (AvgIpc) is 3.10. The summed E-state index contributed by atoms with van der Waals surface area (Å²) in [4.78, 5) is 2.10. The fourth-order valence-corrected chi connectivity index (χ4v) is 5.16. The van der Waals surface area contributed by atoms with E-state index in [0.717, 1.165) is 23.4 Å². The quantitative estimate of drug-likeness (QED) is 0.737. The van der Waals surface area contributed by atoms with Gasteiger partial charge in [-0.25, -0.2) is 13.1 Å². The van der Waals surface area contributed by atoms with Gasteiger partial charge in [-0.15, -0.1) is 0 Å². The zero-order valence-electron chi connectivity index (χ0n) is 14.7. The lowest BCUT2D eigenvalue weighted by Gasteiger charge is -2.25. The Morgan fingerprint density at radius 2 is 2.08 bits per heavy atom. The van der Waals surface area contributed by atoms with Crippen LogP contribution in [0.5, 0.6) is 0 Å². The molecule has 1 fully saturated rings. The first-order valence-electron chi connectivity index (χ1n) is 8.35. The number of hydrogen-bond acceptors (Lipinski definition) is 6. The minimum Gasteiger partial charge on any atom is -0.280 e. The minimum atomic E-state index is -2.92. The lowest BCUT2D eigenvalue weighted by atomic mass is 10.1. The molecule has 1 aliphatic heterocycles. The molecule has 0 radical (unpaired) electrons. The highest BCUT2D eigenvalue weighted by atomic mass is 32.2. The predicted octanol–water partition coefficient (Wildman–Crippen LogP) is 1.88. The zero-order valence-corrected chi connectivity index (χ0v) is 16.3. The topological polar surface area (TPSA) is 73.0 Å². The molecule has 7 nitrogen and oxygen atoms in total. The Bertz CT molecular complexity index is 932. The van der Waals surface area contributed by atoms with Gasteiger partial charge in [0.2, 0.25) is 4.77 Å². The molecular weight excluding hydrogens is 358 g/mol. The van der Waals surface area contributed by atoms with Crippen LogP contribution in [-0.4, -0.2) is 57.2 Å². The summed E-state index contributed by atoms with van der Waals surface area (Å²) in [6.07, 6.45) is 0.661. The van der Waals surface area contributed by atoms with Crippen molar-refractivity contribution in [2.75, 3.05) is 18.1 Å². The smallest absolute Gasteiger partial charge is 0.221 e. The maximum atomic E-state index is 11.8. The third-order valence-corrected chi connectivity index (χ3v) is 6.81. The van der Waals surface area contributed by atoms with Gasteiger partial charge in [0.25, 0.3) is 0 Å². The van der Waals surface area contributed by atoms with Crippen LogP contribution in [0.4, 0.5) is 0 Å². The van der Waals surface area contributed by atoms with Crippen LogP contribution in [0.15, 0.2) is 18.2 Å². The molecule has 25 heavy (non-hydrogen) atoms. The normalized spacial score (nSPS) is 19.6. The van der Waals surface area contributed by atoms with E-state index in [1.807, 2.05) is 39.0 Å². The first-order chi connectivity index (χ1) is 11.8. The Balaban J connectivity index is 1.86. The van der Waals surface area contributed by atoms with Crippen molar-refractivity contribution in [3.05, 3.63) is 34.1 Å². The van der Waals surface area contributed by atoms with E-state index < -0.39 is 9.84 Å². The minimum absolute atomic E-state index is 0.0164. The van der Waals surface area contributed by atoms with E-state index >= 15 is 0 Å². The van der Waals surface area contributed by atoms with Gasteiger partial charge in [0, 0.05) is 6.04 Å². The highest BCUT2D eigenvalue weighted by Crippen LogP contribution is 2.19. The highest BCUT2D eigenvalue weighted by molar-refractivity contribution is 7.91. The number of benzene rings is 1. The van der Waals surface area contributed by atoms with E-state index in [1.54, 1.807) is 9.36 Å². The molecule has 3 rings (SSSR count). The van der Waals surface area contributed by atoms with Gasteiger partial charge in [0.1, 0.15) is 0 Å². The summed E-state index contributed by atoms with van der Waals surface area (Å²) in [6.45, 7) is 7.23. The number of nitrogens with zero attached hydrogens (tertiary/aromatic N) is 5. The molecule has 0 spiro atoms. The van der Waals surface area contributed by atoms with E-state index in [4.69, 9.17) is 12.2 Å². The SMILES string of the molecule is CCN(Cn1nnn(-c2cc(C)ccc2C)c1=S)[C@@H]1CCS(=O)(=O)C1. The number of hydrogen-bond donors (Lipinski definition) is 0. The Morgan fingerprint density at radius 3 is 2.72 bits per heavy atom. The van der Waals surface area contributed by atoms with Crippen LogP contribution < -0.4 is 0 Å². The molecule has 2 aromatic rings. The monoisotopic (exact) mass is 381 g/mol. The van der Waals surface area contributed by atoms with Crippen molar-refractivity contribution in [1.82, 2.24) is 24.7 Å². The second-order valence-electron chi connectivity index (χ2n) is 6.57. The Labute approximate surface area is 153 Å². The molecule has 1 aromatic carbocycles. The molecule has 136 valence electrons. The maximum absolute atomic E-state index is 11.8. The lowest BCUT2D eigenvalue weighted by Crippen LogP contribution is -2.37. The number of sulfone groups is 1. The van der Waals surface area contributed by atoms with Crippen molar-refractivity contribution in [3.8, 4) is 5.69 Å². The molecule has 0 aliphatic carbocycles. The van der Waals surface area contributed by atoms with Crippen molar-refractivity contribution < 1.29 is 8.42 Å². The van der Waals surface area contributed by atoms with Crippen LogP contribution in [0.25, 0.3) is 5.69 Å². The standard InChI is InChI=1S/C16H23N5O2S2/c1-4-19(14-7-8-25(22,23)10-14)11-20-16(24)21(18-17-20)15-9-12(2)5-6-13(15)3/h5-6,9,14H,4,7-8,10-11H2,1-3H3/t14-/m1/s1. The molecule has 0 amide bonds. The van der Waals surface area contributed by atoms with Crippen molar-refractivity contribution in [2.45, 2.75) is 39.9 Å². The van der Waals surface area contributed by atoms with Gasteiger partial charge in [-0.05, 0) is 66.7 Å². The molecule has 2 heterocycles. The molecule has 1 saturated heterocycles. The molecule has 1 atom stereocenters. The molecule has 9 heteroatoms. The van der Waals surface area contributed by atoms with E-state index in [9.17, 15) is 8.42 Å². The first-order valence-corrected chi connectivity index (χ1v) is 10.6. The van der Waals surface area contributed by atoms with Crippen LogP contribution >= 0.6 is 12.2 Å². The Kier molecular flexibility index (Phi) is 5.08. The Hall–Kier alpha value is -1.58. The van der Waals surface area contributed by atoms with Crippen LogP contribution in [0.1, 0.15) is 24.5 Å². The third kappa shape index (κ3) is 3.83. The third-order valence-electron chi connectivity index (χ3n) is 4.68. The summed E-state index contributed by atoms with van der Waals surface area (Å²) in [5.41, 5.74) is 3.12. The van der Waals surface area contributed by atoms with Gasteiger partial charge in [-0.2, -0.15) is 4.68 Å². The van der Waals surface area contributed by atoms with Crippen molar-refractivity contribution in [3.63, 3.8) is 0 Å². The number of aryl methyl sites for hydroxylation is 2. The molecule has 0 N–H and O–H groups in total. The van der Waals surface area contributed by atoms with Gasteiger partial charge in [-0.3, -0.25) is 4.90 Å². The van der Waals surface area contributed by atoms with Gasteiger partial charge < -0.3 is 0 Å². The van der Waals surface area contributed by atoms with Crippen molar-refractivity contribution in [2.24, 2.45) is 0 Å². The van der Waals surface area contributed by atoms with Gasteiger partial charge in [0.05, 0.1) is 23.9 Å². The van der Waals surface area contributed by atoms with Crippen LogP contribution in [0.3, 0.4) is 0 Å². The molecule has 0 unspecified atom stereocenters. The van der Waals surface area contributed by atoms with Gasteiger partial charge in [-0.1, -0.05) is 19.1 Å². The summed E-state index contributed by atoms with van der Waals surface area (Å²) in [5, 5.41) is 8.40. The molecule has 1 aromatic heterocycles. The number of rotatable bonds is 5. The summed E-state index contributed by atoms with van der Waals surface area (Å²) in [6, 6.07) is 6.13. The Morgan fingerprint density at radius 1 is 1.32 bits per heavy atom. The maximum Gasteiger partial charge on any atom is 0.221 e. The highest BCUT2D eigenvalue weighted by Gasteiger charge is 2.32. The van der Waals surface area contributed by atoms with Crippen molar-refractivity contribution >= 4 is 22.1 Å². The molecular formula is C16H23N5O2S2. The largest absolute Gasteiger partial charge is 0.280 e. The molecule has 0 bridgehead atoms. The number of tetrazole rings is 1. The van der Waals surface area contributed by atoms with E-state index in [2.05, 4.69) is 15.3 Å². The van der Waals surface area contributed by atoms with Crippen LogP contribution in [-0.2, 0) is 16.5 Å². The van der Waals surface area contributed by atoms with E-state index in [-0.39, 0.29) is 17.5 Å².